The van der Waals surface area contributed by atoms with Crippen LogP contribution in [-0.4, -0.2) is 27.7 Å². The molecule has 0 aliphatic carbocycles. The Morgan fingerprint density at radius 2 is 1.54 bits per heavy atom. The first kappa shape index (κ1) is 23.5. The molecule has 0 N–H and O–H groups in total. The molecule has 0 radical (unpaired) electrons. The van der Waals surface area contributed by atoms with Crippen LogP contribution in [-0.2, 0) is 17.6 Å². The molecule has 0 bridgehead atoms. The topological polar surface area (TPSA) is 23.1 Å². The maximum atomic E-state index is 12.5. The Kier molecular flexibility index (Phi) is 9.15. The quantitative estimate of drug-likeness (QED) is 0.265. The molecule has 0 amide bonds. The minimum absolute atomic E-state index is 0.0241. The van der Waals surface area contributed by atoms with Crippen molar-refractivity contribution in [3.05, 3.63) is 28.8 Å². The van der Waals surface area contributed by atoms with Crippen LogP contribution >= 0.6 is 11.8 Å². The van der Waals surface area contributed by atoms with Gasteiger partial charge in [0, 0.05) is 11.3 Å². The van der Waals surface area contributed by atoms with E-state index in [2.05, 4.69) is 0 Å². The number of aryl methyl sites for hydroxylation is 3. The molecule has 150 valence electrons. The van der Waals surface area contributed by atoms with Crippen LogP contribution in [0.1, 0.15) is 42.4 Å². The van der Waals surface area contributed by atoms with E-state index >= 15 is 0 Å². The van der Waals surface area contributed by atoms with E-state index in [-0.39, 0.29) is 22.4 Å². The van der Waals surface area contributed by atoms with Gasteiger partial charge in [-0.2, -0.15) is 26.3 Å². The lowest BCUT2D eigenvalue weighted by Gasteiger charge is -2.17. The monoisotopic (exact) mass is 420 g/mol. The van der Waals surface area contributed by atoms with Gasteiger partial charge < -0.3 is 4.55 Å². The van der Waals surface area contributed by atoms with Gasteiger partial charge in [-0.15, -0.1) is 0 Å². The second-order valence-corrected chi connectivity index (χ2v) is 8.69. The Morgan fingerprint density at radius 3 is 2.12 bits per heavy atom. The number of thioether (sulfide) groups is 1. The standard InChI is InChI=1S/C17H22F6OS2/c1-12-9-13(2)15(26(24)11-16(18,19)20)10-14(12)7-5-3-4-6-8-25-17(21,22)23/h9-10H,3-8,11H2,1-2H3. The average Bonchev–Trinajstić information content (AvgIpc) is 2.45. The van der Waals surface area contributed by atoms with E-state index in [0.29, 0.717) is 24.8 Å². The van der Waals surface area contributed by atoms with E-state index < -0.39 is 28.6 Å². The Labute approximate surface area is 157 Å². The van der Waals surface area contributed by atoms with Gasteiger partial charge in [0.1, 0.15) is 0 Å². The number of alkyl halides is 6. The van der Waals surface area contributed by atoms with Crippen LogP contribution < -0.4 is 0 Å². The SMILES string of the molecule is Cc1cc(C)c([S+]([O-])CC(F)(F)F)cc1CCCCCCSC(F)(F)F. The van der Waals surface area contributed by atoms with E-state index in [9.17, 15) is 30.9 Å². The molecule has 0 spiro atoms. The van der Waals surface area contributed by atoms with Crippen LogP contribution in [0.3, 0.4) is 0 Å². The molecule has 0 heterocycles. The molecule has 0 aromatic heterocycles. The van der Waals surface area contributed by atoms with Crippen molar-refractivity contribution in [2.75, 3.05) is 11.5 Å². The molecular weight excluding hydrogens is 398 g/mol. The van der Waals surface area contributed by atoms with Crippen molar-refractivity contribution in [1.29, 1.82) is 0 Å². The first-order valence-corrected chi connectivity index (χ1v) is 10.5. The summed E-state index contributed by atoms with van der Waals surface area (Å²) in [6.45, 7) is 3.48. The maximum Gasteiger partial charge on any atom is 0.441 e. The zero-order chi connectivity index (χ0) is 20.0. The molecule has 1 unspecified atom stereocenters. The zero-order valence-electron chi connectivity index (χ0n) is 14.6. The number of unbranched alkanes of at least 4 members (excludes halogenated alkanes) is 3. The summed E-state index contributed by atoms with van der Waals surface area (Å²) in [4.78, 5) is 0.199. The van der Waals surface area contributed by atoms with Crippen LogP contribution in [0.25, 0.3) is 0 Å². The lowest BCUT2D eigenvalue weighted by atomic mass is 10.00. The Bertz CT molecular complexity index is 572. The molecule has 1 rings (SSSR count). The van der Waals surface area contributed by atoms with Gasteiger partial charge in [-0.1, -0.05) is 30.7 Å². The molecular formula is C17H22F6OS2. The fraction of sp³-hybridized carbons (Fsp3) is 0.647. The third kappa shape index (κ3) is 9.41. The van der Waals surface area contributed by atoms with Crippen LogP contribution in [0, 0.1) is 13.8 Å². The van der Waals surface area contributed by atoms with E-state index in [1.165, 1.54) is 0 Å². The summed E-state index contributed by atoms with van der Waals surface area (Å²) >= 11 is -2.16. The lowest BCUT2D eigenvalue weighted by Crippen LogP contribution is -2.23. The number of benzene rings is 1. The van der Waals surface area contributed by atoms with Crippen LogP contribution in [0.15, 0.2) is 17.0 Å². The first-order valence-electron chi connectivity index (χ1n) is 8.15. The largest absolute Gasteiger partial charge is 0.611 e. The molecule has 0 saturated heterocycles. The van der Waals surface area contributed by atoms with Crippen molar-refractivity contribution in [3.63, 3.8) is 0 Å². The summed E-state index contributed by atoms with van der Waals surface area (Å²) < 4.78 is 85.4. The molecule has 1 atom stereocenters. The van der Waals surface area contributed by atoms with Gasteiger partial charge in [0.25, 0.3) is 0 Å². The van der Waals surface area contributed by atoms with E-state index in [1.807, 2.05) is 6.92 Å². The van der Waals surface area contributed by atoms with Crippen LogP contribution in [0.4, 0.5) is 26.3 Å². The minimum Gasteiger partial charge on any atom is -0.611 e. The molecule has 1 aromatic rings. The van der Waals surface area contributed by atoms with Gasteiger partial charge in [0.05, 0.1) is 0 Å². The van der Waals surface area contributed by atoms with Gasteiger partial charge in [-0.25, -0.2) is 0 Å². The summed E-state index contributed by atoms with van der Waals surface area (Å²) in [5.41, 5.74) is -1.87. The summed E-state index contributed by atoms with van der Waals surface area (Å²) in [6, 6.07) is 3.31. The third-order valence-electron chi connectivity index (χ3n) is 3.78. The second-order valence-electron chi connectivity index (χ2n) is 6.11. The fourth-order valence-corrected chi connectivity index (χ4v) is 4.30. The summed E-state index contributed by atoms with van der Waals surface area (Å²) in [7, 11) is 0. The lowest BCUT2D eigenvalue weighted by molar-refractivity contribution is -0.106. The highest BCUT2D eigenvalue weighted by molar-refractivity contribution is 8.00. The summed E-state index contributed by atoms with van der Waals surface area (Å²) in [5, 5.41) is 0. The zero-order valence-corrected chi connectivity index (χ0v) is 16.2. The molecule has 0 aliphatic rings. The van der Waals surface area contributed by atoms with Gasteiger partial charge in [-0.05, 0) is 61.5 Å². The fourth-order valence-electron chi connectivity index (χ4n) is 2.57. The van der Waals surface area contributed by atoms with Crippen LogP contribution in [0.5, 0.6) is 0 Å². The van der Waals surface area contributed by atoms with Crippen molar-refractivity contribution < 1.29 is 30.9 Å². The Hall–Kier alpha value is -0.540. The predicted molar refractivity (Wildman–Crippen MR) is 93.9 cm³/mol. The van der Waals surface area contributed by atoms with Crippen molar-refractivity contribution in [2.45, 2.75) is 62.5 Å². The van der Waals surface area contributed by atoms with Gasteiger partial charge >= 0.3 is 11.7 Å². The molecule has 0 fully saturated rings. The third-order valence-corrected chi connectivity index (χ3v) is 6.12. The molecule has 1 nitrogen and oxygen atoms in total. The van der Waals surface area contributed by atoms with E-state index in [0.717, 1.165) is 24.0 Å². The van der Waals surface area contributed by atoms with Gasteiger partial charge in [0.2, 0.25) is 5.75 Å². The molecule has 9 heteroatoms. The Morgan fingerprint density at radius 1 is 0.923 bits per heavy atom. The highest BCUT2D eigenvalue weighted by Crippen LogP contribution is 2.31. The number of hydrogen-bond donors (Lipinski definition) is 0. The highest BCUT2D eigenvalue weighted by Gasteiger charge is 2.36. The normalized spacial score (nSPS) is 13.9. The van der Waals surface area contributed by atoms with Gasteiger partial charge in [-0.3, -0.25) is 0 Å². The summed E-state index contributed by atoms with van der Waals surface area (Å²) in [6.07, 6.45) is -1.27. The van der Waals surface area contributed by atoms with Crippen molar-refractivity contribution >= 4 is 22.9 Å². The predicted octanol–water partition coefficient (Wildman–Crippen LogP) is 6.33. The van der Waals surface area contributed by atoms with E-state index in [1.54, 1.807) is 19.1 Å². The Balaban J connectivity index is 2.53. The van der Waals surface area contributed by atoms with E-state index in [4.69, 9.17) is 0 Å². The number of rotatable bonds is 9. The number of hydrogen-bond acceptors (Lipinski definition) is 2. The molecule has 26 heavy (non-hydrogen) atoms. The maximum absolute atomic E-state index is 12.5. The molecule has 1 aromatic carbocycles. The van der Waals surface area contributed by atoms with Crippen LogP contribution in [0.2, 0.25) is 0 Å². The van der Waals surface area contributed by atoms with Gasteiger partial charge in [0.15, 0.2) is 4.90 Å². The molecule has 0 aliphatic heterocycles. The van der Waals surface area contributed by atoms with Crippen molar-refractivity contribution in [2.24, 2.45) is 0 Å². The van der Waals surface area contributed by atoms with Crippen molar-refractivity contribution in [3.8, 4) is 0 Å². The molecule has 0 saturated carbocycles. The number of halogens is 6. The van der Waals surface area contributed by atoms with Crippen molar-refractivity contribution in [1.82, 2.24) is 0 Å². The minimum atomic E-state index is -4.49. The summed E-state index contributed by atoms with van der Waals surface area (Å²) in [5.74, 6) is -1.33. The first-order chi connectivity index (χ1) is 11.9. The highest BCUT2D eigenvalue weighted by atomic mass is 32.2. The second kappa shape index (κ2) is 10.1. The smallest absolute Gasteiger partial charge is 0.441 e. The average molecular weight is 420 g/mol.